The molecule has 0 aromatic heterocycles. The van der Waals surface area contributed by atoms with Gasteiger partial charge in [0.05, 0.1) is 0 Å². The van der Waals surface area contributed by atoms with Gasteiger partial charge in [0.15, 0.2) is 0 Å². The number of primary amides is 1. The number of hydrogen-bond donors (Lipinski definition) is 1. The lowest BCUT2D eigenvalue weighted by Gasteiger charge is -2.07. The predicted molar refractivity (Wildman–Crippen MR) is 54.3 cm³/mol. The van der Waals surface area contributed by atoms with Gasteiger partial charge in [-0.25, -0.2) is 0 Å². The largest absolute Gasteiger partial charge is 0.370 e. The maximum Gasteiger partial charge on any atom is 0.218 e. The van der Waals surface area contributed by atoms with E-state index in [2.05, 4.69) is 19.0 Å². The summed E-state index contributed by atoms with van der Waals surface area (Å²) in [7, 11) is 4.13. The molecule has 0 fully saturated rings. The Hall–Kier alpha value is -0.220. The van der Waals surface area contributed by atoms with Crippen LogP contribution in [-0.2, 0) is 4.79 Å². The molecule has 1 amide bonds. The van der Waals surface area contributed by atoms with Crippen molar-refractivity contribution in [2.75, 3.05) is 32.1 Å². The second-order valence-corrected chi connectivity index (χ2v) is 4.21. The van der Waals surface area contributed by atoms with Crippen LogP contribution in [0.1, 0.15) is 12.8 Å². The molecule has 0 saturated heterocycles. The highest BCUT2D eigenvalue weighted by atomic mass is 32.2. The van der Waals surface area contributed by atoms with Gasteiger partial charge in [0.25, 0.3) is 0 Å². The first-order valence-electron chi connectivity index (χ1n) is 4.13. The fraction of sp³-hybridized carbons (Fsp3) is 0.875. The summed E-state index contributed by atoms with van der Waals surface area (Å²) >= 11 is 1.80. The van der Waals surface area contributed by atoms with Gasteiger partial charge in [0.2, 0.25) is 5.91 Å². The van der Waals surface area contributed by atoms with Gasteiger partial charge in [-0.1, -0.05) is 0 Å². The molecule has 0 saturated carbocycles. The average Bonchev–Trinajstić information content (AvgIpc) is 1.95. The van der Waals surface area contributed by atoms with Crippen LogP contribution in [0.2, 0.25) is 0 Å². The van der Waals surface area contributed by atoms with Crippen LogP contribution >= 0.6 is 11.8 Å². The topological polar surface area (TPSA) is 46.3 Å². The molecule has 0 spiro atoms. The number of carbonyl (C=O) groups excluding carboxylic acids is 1. The van der Waals surface area contributed by atoms with Gasteiger partial charge in [-0.05, 0) is 32.8 Å². The van der Waals surface area contributed by atoms with Crippen LogP contribution in [0, 0.1) is 0 Å². The maximum atomic E-state index is 10.3. The van der Waals surface area contributed by atoms with Crippen LogP contribution in [0.25, 0.3) is 0 Å². The fourth-order valence-electron chi connectivity index (χ4n) is 0.758. The van der Waals surface area contributed by atoms with Gasteiger partial charge in [-0.3, -0.25) is 4.79 Å². The number of nitrogens with two attached hydrogens (primary N) is 1. The maximum absolute atomic E-state index is 10.3. The monoisotopic (exact) mass is 190 g/mol. The van der Waals surface area contributed by atoms with Crippen LogP contribution in [0.15, 0.2) is 0 Å². The lowest BCUT2D eigenvalue weighted by atomic mass is 10.5. The van der Waals surface area contributed by atoms with E-state index in [-0.39, 0.29) is 5.91 Å². The van der Waals surface area contributed by atoms with Crippen molar-refractivity contribution in [3.63, 3.8) is 0 Å². The molecule has 0 heterocycles. The lowest BCUT2D eigenvalue weighted by Crippen LogP contribution is -2.14. The Morgan fingerprint density at radius 2 is 2.08 bits per heavy atom. The molecule has 0 rings (SSSR count). The van der Waals surface area contributed by atoms with E-state index in [1.54, 1.807) is 11.8 Å². The number of rotatable bonds is 7. The molecule has 2 N–H and O–H groups in total. The number of carbonyl (C=O) groups is 1. The van der Waals surface area contributed by atoms with E-state index in [0.717, 1.165) is 18.1 Å². The first-order valence-corrected chi connectivity index (χ1v) is 5.29. The molecule has 0 radical (unpaired) electrons. The average molecular weight is 190 g/mol. The lowest BCUT2D eigenvalue weighted by molar-refractivity contribution is -0.117. The Labute approximate surface area is 78.7 Å². The van der Waals surface area contributed by atoms with Crippen molar-refractivity contribution < 1.29 is 4.79 Å². The quantitative estimate of drug-likeness (QED) is 0.596. The zero-order chi connectivity index (χ0) is 9.40. The Morgan fingerprint density at radius 3 is 2.58 bits per heavy atom. The van der Waals surface area contributed by atoms with Crippen LogP contribution in [-0.4, -0.2) is 43.0 Å². The summed E-state index contributed by atoms with van der Waals surface area (Å²) < 4.78 is 0. The van der Waals surface area contributed by atoms with Crippen molar-refractivity contribution in [3.8, 4) is 0 Å². The van der Waals surface area contributed by atoms with Crippen molar-refractivity contribution in [3.05, 3.63) is 0 Å². The van der Waals surface area contributed by atoms with E-state index in [0.29, 0.717) is 6.42 Å². The molecule has 3 nitrogen and oxygen atoms in total. The van der Waals surface area contributed by atoms with Crippen molar-refractivity contribution >= 4 is 17.7 Å². The summed E-state index contributed by atoms with van der Waals surface area (Å²) in [6.45, 7) is 1.11. The van der Waals surface area contributed by atoms with Gasteiger partial charge in [-0.2, -0.15) is 11.8 Å². The van der Waals surface area contributed by atoms with Crippen molar-refractivity contribution in [1.82, 2.24) is 4.90 Å². The number of nitrogens with zero attached hydrogens (tertiary/aromatic N) is 1. The highest BCUT2D eigenvalue weighted by Gasteiger charge is 1.95. The van der Waals surface area contributed by atoms with E-state index in [1.807, 2.05) is 0 Å². The van der Waals surface area contributed by atoms with Gasteiger partial charge < -0.3 is 10.6 Å². The molecule has 0 aliphatic rings. The first kappa shape index (κ1) is 11.8. The summed E-state index contributed by atoms with van der Waals surface area (Å²) in [5, 5.41) is 0. The molecular formula is C8H18N2OS. The Balaban J connectivity index is 2.96. The molecule has 0 atom stereocenters. The molecule has 12 heavy (non-hydrogen) atoms. The Morgan fingerprint density at radius 1 is 1.42 bits per heavy atom. The summed E-state index contributed by atoms with van der Waals surface area (Å²) in [6.07, 6.45) is 1.68. The zero-order valence-corrected chi connectivity index (χ0v) is 8.69. The number of thioether (sulfide) groups is 1. The van der Waals surface area contributed by atoms with Crippen molar-refractivity contribution in [1.29, 1.82) is 0 Å². The van der Waals surface area contributed by atoms with Gasteiger partial charge in [-0.15, -0.1) is 0 Å². The zero-order valence-electron chi connectivity index (χ0n) is 7.88. The molecule has 0 aliphatic carbocycles. The Kier molecular flexibility index (Phi) is 7.29. The third kappa shape index (κ3) is 9.78. The van der Waals surface area contributed by atoms with E-state index in [4.69, 9.17) is 5.73 Å². The standard InChI is InChI=1S/C8H18N2OS/c1-10(2)5-3-6-12-7-4-8(9)11/h3-7H2,1-2H3,(H2,9,11). The normalized spacial score (nSPS) is 10.6. The summed E-state index contributed by atoms with van der Waals surface area (Å²) in [4.78, 5) is 12.5. The second kappa shape index (κ2) is 7.43. The van der Waals surface area contributed by atoms with Crippen molar-refractivity contribution in [2.45, 2.75) is 12.8 Å². The number of amides is 1. The SMILES string of the molecule is CN(C)CCCSCCC(N)=O. The smallest absolute Gasteiger partial charge is 0.218 e. The summed E-state index contributed by atoms with van der Waals surface area (Å²) in [6, 6.07) is 0. The van der Waals surface area contributed by atoms with Gasteiger partial charge in [0, 0.05) is 12.2 Å². The Bertz CT molecular complexity index is 128. The molecular weight excluding hydrogens is 172 g/mol. The summed E-state index contributed by atoms with van der Waals surface area (Å²) in [5.41, 5.74) is 4.99. The minimum absolute atomic E-state index is 0.199. The molecule has 0 aliphatic heterocycles. The van der Waals surface area contributed by atoms with E-state index in [1.165, 1.54) is 6.42 Å². The minimum Gasteiger partial charge on any atom is -0.370 e. The highest BCUT2D eigenvalue weighted by Crippen LogP contribution is 2.03. The predicted octanol–water partition coefficient (Wildman–Crippen LogP) is 0.547. The number of hydrogen-bond acceptors (Lipinski definition) is 3. The molecule has 0 bridgehead atoms. The van der Waals surface area contributed by atoms with Crippen molar-refractivity contribution in [2.24, 2.45) is 5.73 Å². The fourth-order valence-corrected chi connectivity index (χ4v) is 1.64. The molecule has 0 aromatic carbocycles. The van der Waals surface area contributed by atoms with Crippen LogP contribution in [0.3, 0.4) is 0 Å². The van der Waals surface area contributed by atoms with Gasteiger partial charge >= 0.3 is 0 Å². The third-order valence-electron chi connectivity index (χ3n) is 1.39. The minimum atomic E-state index is -0.199. The van der Waals surface area contributed by atoms with E-state index in [9.17, 15) is 4.79 Å². The molecule has 0 aromatic rings. The summed E-state index contributed by atoms with van der Waals surface area (Å²) in [5.74, 6) is 1.78. The third-order valence-corrected chi connectivity index (χ3v) is 2.46. The highest BCUT2D eigenvalue weighted by molar-refractivity contribution is 7.99. The molecule has 0 unspecified atom stereocenters. The van der Waals surface area contributed by atoms with Crippen LogP contribution in [0.5, 0.6) is 0 Å². The molecule has 72 valence electrons. The van der Waals surface area contributed by atoms with Crippen LogP contribution < -0.4 is 5.73 Å². The first-order chi connectivity index (χ1) is 5.63. The van der Waals surface area contributed by atoms with Gasteiger partial charge in [0.1, 0.15) is 0 Å². The van der Waals surface area contributed by atoms with Crippen LogP contribution in [0.4, 0.5) is 0 Å². The van der Waals surface area contributed by atoms with E-state index < -0.39 is 0 Å². The van der Waals surface area contributed by atoms with E-state index >= 15 is 0 Å². The molecule has 4 heteroatoms. The second-order valence-electron chi connectivity index (χ2n) is 2.99.